The van der Waals surface area contributed by atoms with Crippen molar-refractivity contribution in [3.63, 3.8) is 0 Å². The lowest BCUT2D eigenvalue weighted by Crippen LogP contribution is -2.37. The molecule has 2 unspecified atom stereocenters. The number of carbonyl (C=O) groups is 1. The minimum absolute atomic E-state index is 0.0929. The van der Waals surface area contributed by atoms with Gasteiger partial charge in [0.25, 0.3) is 0 Å². The van der Waals surface area contributed by atoms with Crippen LogP contribution in [0.5, 0.6) is 11.5 Å². The number of ether oxygens (including phenoxy) is 3. The standard InChI is InChI=1S/C35H41N5O2.C33H39N3O4.CH4O/c1-24-26-11-10-25-20-39(16-12-29(24)25)22-28(19-36)38(2)15-13-33(41)35-14-17-40(21-27(35)18-35)34-9-5-7-31(37-34)30-6-3-4-8-32(30)42-23-26;1-22-5-3-6-28(30-7-4-8-31(34-30)35-15-11-24(12-16-35)33(37)38)32(22)40-21-26-10-9-25-19-36(20-29(25)23(26)2)27-13-17-39-18-14-27;1-2/h3-11,13,19,27,41H,12,14-18,20-23,36H2,1-2H3;3-10,24,27H,11-21H2,1-2H3,(H,37,38);2H,1H3/b28-19-,33-13+;;/t27?,35-;;/m1../s1. The third-order valence-corrected chi connectivity index (χ3v) is 19.1. The average Bonchev–Trinajstić information content (AvgIpc) is 1.80. The highest BCUT2D eigenvalue weighted by Gasteiger charge is 2.59. The number of nitrogens with zero attached hydrogens (tertiary/aromatic N) is 7. The van der Waals surface area contributed by atoms with Gasteiger partial charge in [-0.3, -0.25) is 14.6 Å². The van der Waals surface area contributed by atoms with Gasteiger partial charge in [0.15, 0.2) is 0 Å². The van der Waals surface area contributed by atoms with Crippen molar-refractivity contribution < 1.29 is 34.3 Å². The second-order valence-electron chi connectivity index (χ2n) is 24.0. The van der Waals surface area contributed by atoms with Gasteiger partial charge in [0.05, 0.1) is 23.1 Å². The molecule has 13 heterocycles. The number of carboxylic acids is 1. The molecule has 4 aromatic carbocycles. The van der Waals surface area contributed by atoms with Crippen LogP contribution in [0.1, 0.15) is 88.6 Å². The third kappa shape index (κ3) is 12.4. The summed E-state index contributed by atoms with van der Waals surface area (Å²) in [6.07, 6.45) is 10.2. The molecule has 442 valence electrons. The van der Waals surface area contributed by atoms with Crippen molar-refractivity contribution >= 4 is 17.6 Å². The van der Waals surface area contributed by atoms with Gasteiger partial charge in [-0.2, -0.15) is 0 Å². The molecule has 84 heavy (non-hydrogen) atoms. The average molecular weight is 1140 g/mol. The zero-order chi connectivity index (χ0) is 58.5. The number of allylic oxidation sites excluding steroid dienone is 1. The number of likely N-dealkylation sites (N-methyl/N-ethyl adjacent to an activating group) is 1. The van der Waals surface area contributed by atoms with E-state index in [9.17, 15) is 15.0 Å². The molecule has 15 heteroatoms. The van der Waals surface area contributed by atoms with Crippen LogP contribution in [0, 0.1) is 38.0 Å². The topological polar surface area (TPSA) is 173 Å². The fourth-order valence-corrected chi connectivity index (χ4v) is 13.8. The number of aliphatic hydroxyl groups excluding tert-OH is 2. The van der Waals surface area contributed by atoms with Crippen LogP contribution in [0.4, 0.5) is 11.6 Å². The number of anilines is 2. The molecular weight excluding hydrogens is 1050 g/mol. The van der Waals surface area contributed by atoms with Crippen LogP contribution in [0.15, 0.2) is 127 Å². The van der Waals surface area contributed by atoms with Gasteiger partial charge in [-0.1, -0.05) is 60.7 Å². The predicted octanol–water partition coefficient (Wildman–Crippen LogP) is 10.7. The molecule has 3 atom stereocenters. The van der Waals surface area contributed by atoms with Crippen LogP contribution >= 0.6 is 0 Å². The van der Waals surface area contributed by atoms with Crippen molar-refractivity contribution in [2.24, 2.45) is 23.0 Å². The van der Waals surface area contributed by atoms with Crippen LogP contribution in [-0.4, -0.2) is 125 Å². The Labute approximate surface area is 496 Å². The first-order valence-electron chi connectivity index (χ1n) is 30.3. The van der Waals surface area contributed by atoms with Crippen molar-refractivity contribution in [1.29, 1.82) is 0 Å². The first-order chi connectivity index (χ1) is 40.9. The Morgan fingerprint density at radius 3 is 2.19 bits per heavy atom. The van der Waals surface area contributed by atoms with Gasteiger partial charge in [0.2, 0.25) is 0 Å². The second kappa shape index (κ2) is 25.8. The second-order valence-corrected chi connectivity index (χ2v) is 24.0. The molecule has 1 saturated carbocycles. The van der Waals surface area contributed by atoms with Crippen molar-refractivity contribution in [1.82, 2.24) is 24.7 Å². The third-order valence-electron chi connectivity index (χ3n) is 19.1. The largest absolute Gasteiger partial charge is 0.512 e. The van der Waals surface area contributed by atoms with E-state index in [2.05, 4.69) is 125 Å². The highest BCUT2D eigenvalue weighted by molar-refractivity contribution is 5.72. The van der Waals surface area contributed by atoms with E-state index in [0.717, 1.165) is 155 Å². The molecule has 18 rings (SSSR count). The van der Waals surface area contributed by atoms with Gasteiger partial charge in [-0.05, 0) is 170 Å². The molecule has 2 aromatic heterocycles. The molecule has 5 N–H and O–H groups in total. The van der Waals surface area contributed by atoms with Crippen molar-refractivity contribution in [3.8, 4) is 34.0 Å². The maximum absolute atomic E-state index is 11.4. The smallest absolute Gasteiger partial charge is 0.306 e. The molecule has 15 nitrogen and oxygen atoms in total. The minimum Gasteiger partial charge on any atom is -0.512 e. The van der Waals surface area contributed by atoms with E-state index in [1.54, 1.807) is 6.20 Å². The molecule has 11 aliphatic heterocycles. The number of hydrogen-bond acceptors (Lipinski definition) is 14. The summed E-state index contributed by atoms with van der Waals surface area (Å²) in [6.45, 7) is 17.9. The number of rotatable bonds is 7. The summed E-state index contributed by atoms with van der Waals surface area (Å²) in [5, 5.41) is 27.6. The number of aromatic nitrogens is 2. The summed E-state index contributed by atoms with van der Waals surface area (Å²) in [4.78, 5) is 33.3. The van der Waals surface area contributed by atoms with E-state index in [1.807, 2.05) is 36.4 Å². The van der Waals surface area contributed by atoms with E-state index in [1.165, 1.54) is 44.5 Å². The van der Waals surface area contributed by atoms with Gasteiger partial charge in [0.1, 0.15) is 36.3 Å². The number of nitrogens with two attached hydrogens (primary N) is 1. The SMILES string of the molecule is CO.Cc1c2ccc3c1CCN(C/C(=C/N)N(C)C/C=C(/O)[C@@]14CCN(CC1C4)c1cccc(n1)-c1ccccc1OC2)C3.Cc1cccc(-c2cccc(N3CCC(C(=O)O)CC3)n2)c1OCc1ccc2c(c1C)CN(C1CCOCC1)C2. The van der Waals surface area contributed by atoms with Crippen LogP contribution in [0.25, 0.3) is 22.5 Å². The molecule has 0 amide bonds. The Bertz CT molecular complexity index is 3390. The summed E-state index contributed by atoms with van der Waals surface area (Å²) < 4.78 is 18.6. The number of aryl methyl sites for hydroxylation is 1. The lowest BCUT2D eigenvalue weighted by atomic mass is 9.92. The van der Waals surface area contributed by atoms with Gasteiger partial charge in [-0.15, -0.1) is 0 Å². The lowest BCUT2D eigenvalue weighted by Gasteiger charge is -2.33. The number of carboxylic acid groups (broad SMARTS) is 1. The molecule has 1 aliphatic carbocycles. The molecule has 6 aromatic rings. The zero-order valence-corrected chi connectivity index (χ0v) is 49.7. The monoisotopic (exact) mass is 1140 g/mol. The number of benzene rings is 4. The van der Waals surface area contributed by atoms with E-state index in [0.29, 0.717) is 63.4 Å². The maximum atomic E-state index is 11.4. The van der Waals surface area contributed by atoms with Gasteiger partial charge in [-0.25, -0.2) is 9.97 Å². The number of piperidine rings is 2. The predicted molar refractivity (Wildman–Crippen MR) is 331 cm³/mol. The number of fused-ring (bicyclic) bond motifs is 1. The zero-order valence-electron chi connectivity index (χ0n) is 49.7. The highest BCUT2D eigenvalue weighted by Crippen LogP contribution is 2.62. The Hall–Kier alpha value is -7.43. The lowest BCUT2D eigenvalue weighted by molar-refractivity contribution is -0.142. The summed E-state index contributed by atoms with van der Waals surface area (Å²) in [7, 11) is 3.07. The minimum atomic E-state index is -0.696. The molecule has 3 saturated heterocycles. The fourth-order valence-electron chi connectivity index (χ4n) is 13.8. The van der Waals surface area contributed by atoms with E-state index in [-0.39, 0.29) is 11.3 Å². The summed E-state index contributed by atoms with van der Waals surface area (Å²) in [6, 6.07) is 36.4. The normalized spacial score (nSPS) is 22.8. The van der Waals surface area contributed by atoms with Crippen LogP contribution in [-0.2, 0) is 48.8 Å². The number of hydrogen-bond donors (Lipinski definition) is 4. The number of para-hydroxylation sites is 2. The molecule has 8 bridgehead atoms. The Balaban J connectivity index is 0.000000171. The number of aliphatic carboxylic acids is 1. The van der Waals surface area contributed by atoms with Crippen molar-refractivity contribution in [2.45, 2.75) is 105 Å². The van der Waals surface area contributed by atoms with Crippen LogP contribution in [0.3, 0.4) is 0 Å². The molecular formula is C69H84N8O7. The van der Waals surface area contributed by atoms with Crippen molar-refractivity contribution in [3.05, 3.63) is 177 Å². The van der Waals surface area contributed by atoms with Gasteiger partial charge in [0, 0.05) is 127 Å². The summed E-state index contributed by atoms with van der Waals surface area (Å²) in [5.41, 5.74) is 22.8. The maximum Gasteiger partial charge on any atom is 0.306 e. The van der Waals surface area contributed by atoms with E-state index >= 15 is 0 Å². The summed E-state index contributed by atoms with van der Waals surface area (Å²) >= 11 is 0. The fraction of sp³-hybridized carbons (Fsp3) is 0.435. The van der Waals surface area contributed by atoms with Gasteiger partial charge >= 0.3 is 5.97 Å². The molecule has 4 fully saturated rings. The van der Waals surface area contributed by atoms with Crippen molar-refractivity contribution in [2.75, 3.05) is 83.0 Å². The van der Waals surface area contributed by atoms with Crippen LogP contribution in [0.2, 0.25) is 0 Å². The first-order valence-corrected chi connectivity index (χ1v) is 30.3. The Morgan fingerprint density at radius 2 is 1.44 bits per heavy atom. The number of aliphatic hydroxyl groups is 2. The van der Waals surface area contributed by atoms with E-state index < -0.39 is 5.97 Å². The molecule has 1 spiro atoms. The Morgan fingerprint density at radius 1 is 0.750 bits per heavy atom. The Kier molecular flexibility index (Phi) is 17.9. The van der Waals surface area contributed by atoms with Gasteiger partial charge < -0.3 is 50.0 Å². The van der Waals surface area contributed by atoms with Crippen LogP contribution < -0.4 is 25.0 Å². The molecule has 0 radical (unpaired) electrons. The highest BCUT2D eigenvalue weighted by atomic mass is 16.5. The van der Waals surface area contributed by atoms with E-state index in [4.69, 9.17) is 35.0 Å². The number of pyridine rings is 2. The molecule has 12 aliphatic rings. The quantitative estimate of drug-likeness (QED) is 0.119. The first kappa shape index (κ1) is 58.3. The summed E-state index contributed by atoms with van der Waals surface area (Å²) in [5.74, 6) is 3.61.